The molecule has 0 saturated heterocycles. The molecular formula is C6H5N5O3. The summed E-state index contributed by atoms with van der Waals surface area (Å²) in [5.41, 5.74) is -2.52. The first-order valence-electron chi connectivity index (χ1n) is 3.64. The van der Waals surface area contributed by atoms with E-state index in [0.717, 1.165) is 0 Å². The molecule has 0 aliphatic heterocycles. The molecule has 0 aliphatic rings. The summed E-state index contributed by atoms with van der Waals surface area (Å²) in [6.07, 6.45) is 2.83. The van der Waals surface area contributed by atoms with Crippen LogP contribution in [0.1, 0.15) is 0 Å². The maximum atomic E-state index is 11.2. The highest BCUT2D eigenvalue weighted by Crippen LogP contribution is 1.87. The van der Waals surface area contributed by atoms with Crippen molar-refractivity contribution in [2.75, 3.05) is 0 Å². The fourth-order valence-electron chi connectivity index (χ4n) is 1.00. The summed E-state index contributed by atoms with van der Waals surface area (Å²) < 4.78 is 0.682. The van der Waals surface area contributed by atoms with E-state index in [0.29, 0.717) is 4.57 Å². The van der Waals surface area contributed by atoms with Gasteiger partial charge in [-0.15, -0.1) is 0 Å². The van der Waals surface area contributed by atoms with Crippen molar-refractivity contribution >= 4 is 0 Å². The molecule has 0 amide bonds. The number of aromatic amines is 3. The standard InChI is InChI=1S/C6H5N5O3/c12-4-9-5(13)11(6(14)10-4)3-7-1-2-8-3/h1-2H,(H,7,8)(H2,9,10,12,13,14). The van der Waals surface area contributed by atoms with Gasteiger partial charge in [0.25, 0.3) is 0 Å². The summed E-state index contributed by atoms with van der Waals surface area (Å²) in [4.78, 5) is 43.1. The van der Waals surface area contributed by atoms with Crippen LogP contribution in [-0.2, 0) is 0 Å². The smallest absolute Gasteiger partial charge is 0.330 e. The Morgan fingerprint density at radius 2 is 1.79 bits per heavy atom. The lowest BCUT2D eigenvalue weighted by atomic mass is 10.8. The van der Waals surface area contributed by atoms with Gasteiger partial charge in [0.15, 0.2) is 0 Å². The molecule has 0 radical (unpaired) electrons. The molecule has 2 aromatic heterocycles. The molecule has 0 fully saturated rings. The van der Waals surface area contributed by atoms with Crippen molar-refractivity contribution in [3.05, 3.63) is 43.8 Å². The number of nitrogens with one attached hydrogen (secondary N) is 3. The Labute approximate surface area is 75.3 Å². The van der Waals surface area contributed by atoms with Gasteiger partial charge in [-0.3, -0.25) is 9.97 Å². The average molecular weight is 195 g/mol. The Bertz CT molecular complexity index is 567. The lowest BCUT2D eigenvalue weighted by molar-refractivity contribution is 0.754. The first-order valence-corrected chi connectivity index (χ1v) is 3.64. The van der Waals surface area contributed by atoms with Crippen LogP contribution in [0.3, 0.4) is 0 Å². The van der Waals surface area contributed by atoms with Crippen molar-refractivity contribution in [1.29, 1.82) is 0 Å². The largest absolute Gasteiger partial charge is 0.340 e. The average Bonchev–Trinajstić information content (AvgIpc) is 2.54. The summed E-state index contributed by atoms with van der Waals surface area (Å²) in [5.74, 6) is 0.0486. The number of nitrogens with zero attached hydrogens (tertiary/aromatic N) is 2. The van der Waals surface area contributed by atoms with E-state index in [4.69, 9.17) is 0 Å². The summed E-state index contributed by atoms with van der Waals surface area (Å²) in [6, 6.07) is 0. The monoisotopic (exact) mass is 195 g/mol. The Balaban J connectivity index is 2.84. The number of hydrogen-bond acceptors (Lipinski definition) is 4. The van der Waals surface area contributed by atoms with Gasteiger partial charge < -0.3 is 4.98 Å². The van der Waals surface area contributed by atoms with Crippen molar-refractivity contribution in [1.82, 2.24) is 24.5 Å². The first-order chi connectivity index (χ1) is 6.68. The molecule has 2 rings (SSSR count). The van der Waals surface area contributed by atoms with Crippen molar-refractivity contribution in [2.45, 2.75) is 0 Å². The molecule has 2 aromatic rings. The highest BCUT2D eigenvalue weighted by atomic mass is 16.2. The van der Waals surface area contributed by atoms with Gasteiger partial charge in [-0.2, -0.15) is 4.57 Å². The molecule has 3 N–H and O–H groups in total. The van der Waals surface area contributed by atoms with Crippen molar-refractivity contribution in [2.24, 2.45) is 0 Å². The molecule has 0 bridgehead atoms. The van der Waals surface area contributed by atoms with E-state index in [1.54, 1.807) is 0 Å². The predicted molar refractivity (Wildman–Crippen MR) is 45.4 cm³/mol. The third-order valence-electron chi connectivity index (χ3n) is 1.54. The molecule has 8 nitrogen and oxygen atoms in total. The minimum Gasteiger partial charge on any atom is -0.330 e. The van der Waals surface area contributed by atoms with Crippen molar-refractivity contribution in [3.8, 4) is 5.95 Å². The van der Waals surface area contributed by atoms with E-state index in [-0.39, 0.29) is 5.95 Å². The molecule has 2 heterocycles. The number of aromatic nitrogens is 5. The Hall–Kier alpha value is -2.38. The third-order valence-corrected chi connectivity index (χ3v) is 1.54. The molecular weight excluding hydrogens is 190 g/mol. The predicted octanol–water partition coefficient (Wildman–Crippen LogP) is -2.06. The normalized spacial score (nSPS) is 10.3. The molecule has 14 heavy (non-hydrogen) atoms. The third kappa shape index (κ3) is 1.18. The van der Waals surface area contributed by atoms with Gasteiger partial charge in [0, 0.05) is 12.4 Å². The first kappa shape index (κ1) is 8.23. The van der Waals surface area contributed by atoms with Crippen LogP contribution < -0.4 is 17.1 Å². The van der Waals surface area contributed by atoms with Gasteiger partial charge in [0.1, 0.15) is 0 Å². The van der Waals surface area contributed by atoms with E-state index in [9.17, 15) is 14.4 Å². The van der Waals surface area contributed by atoms with Crippen LogP contribution in [0.2, 0.25) is 0 Å². The lowest BCUT2D eigenvalue weighted by Gasteiger charge is -1.96. The van der Waals surface area contributed by atoms with Crippen LogP contribution >= 0.6 is 0 Å². The summed E-state index contributed by atoms with van der Waals surface area (Å²) in [6.45, 7) is 0. The summed E-state index contributed by atoms with van der Waals surface area (Å²) in [5, 5.41) is 0. The van der Waals surface area contributed by atoms with Crippen LogP contribution in [0.25, 0.3) is 5.95 Å². The molecule has 8 heteroatoms. The number of imidazole rings is 1. The fraction of sp³-hybridized carbons (Fsp3) is 0. The zero-order valence-electron chi connectivity index (χ0n) is 6.77. The van der Waals surface area contributed by atoms with Gasteiger partial charge in [-0.1, -0.05) is 0 Å². The number of rotatable bonds is 1. The molecule has 0 aromatic carbocycles. The van der Waals surface area contributed by atoms with Crippen LogP contribution in [0.4, 0.5) is 0 Å². The maximum Gasteiger partial charge on any atom is 0.340 e. The fourth-order valence-corrected chi connectivity index (χ4v) is 1.00. The van der Waals surface area contributed by atoms with Crippen LogP contribution in [0.15, 0.2) is 26.8 Å². The van der Waals surface area contributed by atoms with Crippen LogP contribution in [0, 0.1) is 0 Å². The van der Waals surface area contributed by atoms with Gasteiger partial charge in [0.2, 0.25) is 5.95 Å². The number of hydrogen-bond donors (Lipinski definition) is 3. The second-order valence-electron chi connectivity index (χ2n) is 2.44. The van der Waals surface area contributed by atoms with Gasteiger partial charge in [-0.05, 0) is 0 Å². The zero-order valence-corrected chi connectivity index (χ0v) is 6.77. The Morgan fingerprint density at radius 1 is 1.14 bits per heavy atom. The second kappa shape index (κ2) is 2.83. The molecule has 0 aliphatic carbocycles. The molecule has 0 unspecified atom stereocenters. The van der Waals surface area contributed by atoms with Crippen molar-refractivity contribution in [3.63, 3.8) is 0 Å². The van der Waals surface area contributed by atoms with E-state index in [1.165, 1.54) is 12.4 Å². The minimum absolute atomic E-state index is 0.0486. The van der Waals surface area contributed by atoms with Gasteiger partial charge in [-0.25, -0.2) is 19.4 Å². The quantitative estimate of drug-likeness (QED) is 0.485. The topological polar surface area (TPSA) is 116 Å². The summed E-state index contributed by atoms with van der Waals surface area (Å²) in [7, 11) is 0. The maximum absolute atomic E-state index is 11.2. The minimum atomic E-state index is -0.845. The van der Waals surface area contributed by atoms with E-state index >= 15 is 0 Å². The van der Waals surface area contributed by atoms with Crippen LogP contribution in [-0.4, -0.2) is 24.5 Å². The molecule has 0 saturated carbocycles. The summed E-state index contributed by atoms with van der Waals surface area (Å²) >= 11 is 0. The van der Waals surface area contributed by atoms with Crippen LogP contribution in [0.5, 0.6) is 0 Å². The van der Waals surface area contributed by atoms with Gasteiger partial charge in [0.05, 0.1) is 0 Å². The van der Waals surface area contributed by atoms with E-state index < -0.39 is 17.1 Å². The Kier molecular flexibility index (Phi) is 1.67. The molecule has 72 valence electrons. The second-order valence-corrected chi connectivity index (χ2v) is 2.44. The lowest BCUT2D eigenvalue weighted by Crippen LogP contribution is -2.42. The highest BCUT2D eigenvalue weighted by molar-refractivity contribution is 5.07. The van der Waals surface area contributed by atoms with E-state index in [2.05, 4.69) is 9.97 Å². The molecule has 0 atom stereocenters. The highest BCUT2D eigenvalue weighted by Gasteiger charge is 2.06. The molecule has 0 spiro atoms. The zero-order chi connectivity index (χ0) is 10.1. The van der Waals surface area contributed by atoms with Gasteiger partial charge >= 0.3 is 17.1 Å². The van der Waals surface area contributed by atoms with E-state index in [1.807, 2.05) is 9.97 Å². The SMILES string of the molecule is O=c1[nH]c(=O)n(-c2ncc[nH]2)c(=O)[nH]1. The Morgan fingerprint density at radius 3 is 2.29 bits per heavy atom. The number of H-pyrrole nitrogens is 3. The van der Waals surface area contributed by atoms with Crippen molar-refractivity contribution < 1.29 is 0 Å².